The number of rotatable bonds is 8. The van der Waals surface area contributed by atoms with E-state index in [1.54, 1.807) is 30.3 Å². The van der Waals surface area contributed by atoms with E-state index in [9.17, 15) is 18.5 Å². The molecule has 10 nitrogen and oxygen atoms in total. The van der Waals surface area contributed by atoms with Gasteiger partial charge >= 0.3 is 10.1 Å². The van der Waals surface area contributed by atoms with Crippen LogP contribution in [0, 0.1) is 10.1 Å². The minimum Gasteiger partial charge on any atom is -0.493 e. The summed E-state index contributed by atoms with van der Waals surface area (Å²) < 4.78 is 35.4. The maximum atomic E-state index is 12.5. The number of ether oxygens (including phenoxy) is 1. The molecule has 0 atom stereocenters. The minimum absolute atomic E-state index is 0.00114. The van der Waals surface area contributed by atoms with E-state index in [0.29, 0.717) is 11.4 Å². The highest BCUT2D eigenvalue weighted by Crippen LogP contribution is 2.30. The molecular formula is C19H16N4O6S. The van der Waals surface area contributed by atoms with Gasteiger partial charge in [-0.3, -0.25) is 15.5 Å². The Balaban J connectivity index is 1.77. The fourth-order valence-electron chi connectivity index (χ4n) is 2.33. The van der Waals surface area contributed by atoms with Gasteiger partial charge in [-0.2, -0.15) is 13.5 Å². The lowest BCUT2D eigenvalue weighted by atomic mass is 10.2. The second-order valence-electron chi connectivity index (χ2n) is 5.79. The third kappa shape index (κ3) is 5.08. The smallest absolute Gasteiger partial charge is 0.339 e. The van der Waals surface area contributed by atoms with Crippen molar-refractivity contribution < 1.29 is 22.3 Å². The molecule has 2 aromatic carbocycles. The molecule has 0 spiro atoms. The first-order valence-corrected chi connectivity index (χ1v) is 9.87. The van der Waals surface area contributed by atoms with E-state index in [2.05, 4.69) is 15.5 Å². The van der Waals surface area contributed by atoms with Crippen LogP contribution in [0.15, 0.2) is 76.9 Å². The Morgan fingerprint density at radius 1 is 1.10 bits per heavy atom. The number of anilines is 1. The first-order chi connectivity index (χ1) is 14.4. The fourth-order valence-corrected chi connectivity index (χ4v) is 3.28. The highest BCUT2D eigenvalue weighted by Gasteiger charge is 2.19. The summed E-state index contributed by atoms with van der Waals surface area (Å²) in [5.41, 5.74) is 3.01. The Hall–Kier alpha value is -3.99. The summed E-state index contributed by atoms with van der Waals surface area (Å²) in [6, 6.07) is 15.1. The third-order valence-electron chi connectivity index (χ3n) is 3.77. The fraction of sp³-hybridized carbons (Fsp3) is 0.0526. The van der Waals surface area contributed by atoms with E-state index < -0.39 is 15.0 Å². The topological polar surface area (TPSA) is 133 Å². The molecule has 11 heteroatoms. The maximum absolute atomic E-state index is 12.5. The van der Waals surface area contributed by atoms with Crippen LogP contribution in [-0.2, 0) is 10.1 Å². The molecule has 0 bridgehead atoms. The number of pyridine rings is 1. The lowest BCUT2D eigenvalue weighted by Gasteiger charge is -2.11. The molecule has 0 aliphatic heterocycles. The highest BCUT2D eigenvalue weighted by atomic mass is 32.2. The number of nitro groups is 1. The SMILES string of the molecule is COc1ccc(/C=N/Nc2ccc([N+](=O)[O-])cn2)cc1OS(=O)(=O)c1ccccc1. The zero-order valence-electron chi connectivity index (χ0n) is 15.6. The molecule has 1 aromatic heterocycles. The summed E-state index contributed by atoms with van der Waals surface area (Å²) in [5, 5.41) is 14.6. The van der Waals surface area contributed by atoms with Crippen molar-refractivity contribution in [1.29, 1.82) is 0 Å². The molecule has 0 saturated carbocycles. The van der Waals surface area contributed by atoms with Gasteiger partial charge in [-0.05, 0) is 42.0 Å². The summed E-state index contributed by atoms with van der Waals surface area (Å²) in [4.78, 5) is 14.0. The molecule has 0 unspecified atom stereocenters. The molecule has 0 aliphatic carbocycles. The van der Waals surface area contributed by atoms with Gasteiger partial charge in [-0.25, -0.2) is 4.98 Å². The largest absolute Gasteiger partial charge is 0.493 e. The molecule has 154 valence electrons. The van der Waals surface area contributed by atoms with Crippen molar-refractivity contribution in [2.45, 2.75) is 4.90 Å². The lowest BCUT2D eigenvalue weighted by molar-refractivity contribution is -0.385. The molecule has 0 fully saturated rings. The predicted molar refractivity (Wildman–Crippen MR) is 109 cm³/mol. The van der Waals surface area contributed by atoms with E-state index >= 15 is 0 Å². The van der Waals surface area contributed by atoms with Crippen molar-refractivity contribution in [1.82, 2.24) is 4.98 Å². The molecule has 0 aliphatic rings. The first kappa shape index (κ1) is 20.7. The second kappa shape index (κ2) is 9.01. The van der Waals surface area contributed by atoms with Crippen LogP contribution < -0.4 is 14.3 Å². The maximum Gasteiger partial charge on any atom is 0.339 e. The first-order valence-electron chi connectivity index (χ1n) is 8.46. The normalized spacial score (nSPS) is 11.2. The summed E-state index contributed by atoms with van der Waals surface area (Å²) in [6.45, 7) is 0. The summed E-state index contributed by atoms with van der Waals surface area (Å²) in [7, 11) is -2.65. The number of benzene rings is 2. The van der Waals surface area contributed by atoms with Crippen LogP contribution in [0.4, 0.5) is 11.5 Å². The van der Waals surface area contributed by atoms with Gasteiger partial charge in [0.1, 0.15) is 16.9 Å². The number of aromatic nitrogens is 1. The molecule has 3 aromatic rings. The molecule has 0 amide bonds. The Kier molecular flexibility index (Phi) is 6.23. The Morgan fingerprint density at radius 2 is 1.87 bits per heavy atom. The zero-order chi connectivity index (χ0) is 21.6. The number of hydrazone groups is 1. The van der Waals surface area contributed by atoms with Crippen LogP contribution in [0.2, 0.25) is 0 Å². The van der Waals surface area contributed by atoms with Gasteiger partial charge < -0.3 is 8.92 Å². The van der Waals surface area contributed by atoms with Crippen LogP contribution in [-0.4, -0.2) is 31.6 Å². The second-order valence-corrected chi connectivity index (χ2v) is 7.34. The van der Waals surface area contributed by atoms with Crippen LogP contribution in [0.25, 0.3) is 0 Å². The van der Waals surface area contributed by atoms with Crippen molar-refractivity contribution in [2.24, 2.45) is 5.10 Å². The average molecular weight is 428 g/mol. The van der Waals surface area contributed by atoms with Gasteiger partial charge in [0.2, 0.25) is 0 Å². The van der Waals surface area contributed by atoms with E-state index in [-0.39, 0.29) is 22.1 Å². The summed E-state index contributed by atoms with van der Waals surface area (Å²) in [6.07, 6.45) is 2.51. The summed E-state index contributed by atoms with van der Waals surface area (Å²) in [5.74, 6) is 0.531. The Labute approximate surface area is 172 Å². The monoisotopic (exact) mass is 428 g/mol. The number of hydrogen-bond donors (Lipinski definition) is 1. The molecular weight excluding hydrogens is 412 g/mol. The van der Waals surface area contributed by atoms with Gasteiger partial charge in [-0.15, -0.1) is 0 Å². The highest BCUT2D eigenvalue weighted by molar-refractivity contribution is 7.87. The van der Waals surface area contributed by atoms with Crippen LogP contribution in [0.1, 0.15) is 5.56 Å². The number of nitrogens with one attached hydrogen (secondary N) is 1. The number of methoxy groups -OCH3 is 1. The quantitative estimate of drug-likeness (QED) is 0.250. The van der Waals surface area contributed by atoms with Crippen molar-refractivity contribution in [3.05, 3.63) is 82.5 Å². The van der Waals surface area contributed by atoms with Gasteiger partial charge in [0.05, 0.1) is 18.2 Å². The molecule has 0 saturated heterocycles. The van der Waals surface area contributed by atoms with Gasteiger partial charge in [0, 0.05) is 6.07 Å². The molecule has 0 radical (unpaired) electrons. The van der Waals surface area contributed by atoms with E-state index in [1.165, 1.54) is 43.7 Å². The Morgan fingerprint density at radius 3 is 2.50 bits per heavy atom. The molecule has 1 N–H and O–H groups in total. The van der Waals surface area contributed by atoms with E-state index in [4.69, 9.17) is 8.92 Å². The predicted octanol–water partition coefficient (Wildman–Crippen LogP) is 3.21. The third-order valence-corrected chi connectivity index (χ3v) is 5.02. The Bertz CT molecular complexity index is 1170. The van der Waals surface area contributed by atoms with Crippen molar-refractivity contribution in [3.8, 4) is 11.5 Å². The standard InChI is InChI=1S/C19H16N4O6S/c1-28-17-9-7-14(12-21-22-19-10-8-15(13-20-19)23(24)25)11-18(17)29-30(26,27)16-5-3-2-4-6-16/h2-13H,1H3,(H,20,22)/b21-12+. The van der Waals surface area contributed by atoms with Gasteiger partial charge in [-0.1, -0.05) is 18.2 Å². The zero-order valence-corrected chi connectivity index (χ0v) is 16.4. The van der Waals surface area contributed by atoms with Crippen LogP contribution >= 0.6 is 0 Å². The molecule has 30 heavy (non-hydrogen) atoms. The molecule has 1 heterocycles. The minimum atomic E-state index is -4.04. The van der Waals surface area contributed by atoms with E-state index in [0.717, 1.165) is 6.20 Å². The average Bonchev–Trinajstić information content (AvgIpc) is 2.75. The summed E-state index contributed by atoms with van der Waals surface area (Å²) >= 11 is 0. The number of nitrogens with zero attached hydrogens (tertiary/aromatic N) is 3. The van der Waals surface area contributed by atoms with Crippen molar-refractivity contribution in [2.75, 3.05) is 12.5 Å². The van der Waals surface area contributed by atoms with Gasteiger partial charge in [0.15, 0.2) is 11.5 Å². The molecule has 3 rings (SSSR count). The van der Waals surface area contributed by atoms with Crippen LogP contribution in [0.3, 0.4) is 0 Å². The van der Waals surface area contributed by atoms with Crippen molar-refractivity contribution in [3.63, 3.8) is 0 Å². The van der Waals surface area contributed by atoms with Crippen LogP contribution in [0.5, 0.6) is 11.5 Å². The van der Waals surface area contributed by atoms with Crippen molar-refractivity contribution >= 4 is 27.8 Å². The number of hydrogen-bond acceptors (Lipinski definition) is 9. The lowest BCUT2D eigenvalue weighted by Crippen LogP contribution is -2.10. The van der Waals surface area contributed by atoms with Gasteiger partial charge in [0.25, 0.3) is 5.69 Å². The van der Waals surface area contributed by atoms with E-state index in [1.807, 2.05) is 0 Å².